The van der Waals surface area contributed by atoms with E-state index < -0.39 is 17.4 Å². The molecule has 0 radical (unpaired) electrons. The van der Waals surface area contributed by atoms with Crippen LogP contribution in [0.15, 0.2) is 24.3 Å². The quantitative estimate of drug-likeness (QED) is 0.868. The van der Waals surface area contributed by atoms with Crippen molar-refractivity contribution in [2.75, 3.05) is 13.1 Å². The fraction of sp³-hybridized carbons (Fsp3) is 0.357. The number of nitrogens with zero attached hydrogens (tertiary/aromatic N) is 1. The van der Waals surface area contributed by atoms with Crippen molar-refractivity contribution in [3.05, 3.63) is 35.4 Å². The molecule has 6 nitrogen and oxygen atoms in total. The van der Waals surface area contributed by atoms with E-state index in [1.54, 1.807) is 6.92 Å². The van der Waals surface area contributed by atoms with Crippen molar-refractivity contribution in [1.82, 2.24) is 4.90 Å². The molecular formula is C14H15NO5. The Morgan fingerprint density at radius 2 is 1.85 bits per heavy atom. The molecule has 2 rings (SSSR count). The molecule has 1 aromatic carbocycles. The lowest BCUT2D eigenvalue weighted by atomic mass is 9.90. The summed E-state index contributed by atoms with van der Waals surface area (Å²) in [6.45, 7) is 2.10. The first-order valence-corrected chi connectivity index (χ1v) is 6.19. The molecule has 1 atom stereocenters. The fourth-order valence-electron chi connectivity index (χ4n) is 2.28. The molecule has 0 aromatic heterocycles. The maximum absolute atomic E-state index is 12.3. The molecule has 1 unspecified atom stereocenters. The third-order valence-corrected chi connectivity index (χ3v) is 3.63. The van der Waals surface area contributed by atoms with Crippen molar-refractivity contribution in [3.8, 4) is 0 Å². The largest absolute Gasteiger partial charge is 0.481 e. The molecule has 106 valence electrons. The third-order valence-electron chi connectivity index (χ3n) is 3.63. The van der Waals surface area contributed by atoms with Crippen LogP contribution in [0.3, 0.4) is 0 Å². The van der Waals surface area contributed by atoms with E-state index in [0.717, 1.165) is 0 Å². The number of amides is 1. The second-order valence-corrected chi connectivity index (χ2v) is 5.23. The van der Waals surface area contributed by atoms with Crippen LogP contribution in [0.1, 0.15) is 34.1 Å². The molecule has 1 aliphatic heterocycles. The van der Waals surface area contributed by atoms with E-state index in [1.165, 1.54) is 29.2 Å². The number of carbonyl (C=O) groups is 3. The highest BCUT2D eigenvalue weighted by atomic mass is 16.4. The number of carbonyl (C=O) groups excluding carboxylic acids is 1. The molecule has 0 bridgehead atoms. The van der Waals surface area contributed by atoms with Crippen LogP contribution < -0.4 is 0 Å². The first-order chi connectivity index (χ1) is 9.33. The summed E-state index contributed by atoms with van der Waals surface area (Å²) in [5.41, 5.74) is -0.629. The van der Waals surface area contributed by atoms with Gasteiger partial charge < -0.3 is 15.1 Å². The number of aliphatic carboxylic acids is 1. The van der Waals surface area contributed by atoms with Gasteiger partial charge in [0.1, 0.15) is 0 Å². The van der Waals surface area contributed by atoms with Gasteiger partial charge in [0, 0.05) is 18.7 Å². The summed E-state index contributed by atoms with van der Waals surface area (Å²) in [4.78, 5) is 35.8. The number of carboxylic acids is 2. The second kappa shape index (κ2) is 4.96. The summed E-state index contributed by atoms with van der Waals surface area (Å²) in [6.07, 6.45) is 0.396. The number of aromatic carboxylic acids is 1. The summed E-state index contributed by atoms with van der Waals surface area (Å²) in [5, 5.41) is 18.1. The Labute approximate surface area is 115 Å². The molecule has 1 saturated heterocycles. The summed E-state index contributed by atoms with van der Waals surface area (Å²) < 4.78 is 0. The third kappa shape index (κ3) is 2.49. The topological polar surface area (TPSA) is 94.9 Å². The number of benzene rings is 1. The smallest absolute Gasteiger partial charge is 0.335 e. The highest BCUT2D eigenvalue weighted by Crippen LogP contribution is 2.31. The second-order valence-electron chi connectivity index (χ2n) is 5.23. The van der Waals surface area contributed by atoms with E-state index in [0.29, 0.717) is 13.0 Å². The fourth-order valence-corrected chi connectivity index (χ4v) is 2.28. The number of likely N-dealkylation sites (tertiary alicyclic amines) is 1. The van der Waals surface area contributed by atoms with Crippen LogP contribution in [0.5, 0.6) is 0 Å². The molecule has 0 aliphatic carbocycles. The standard InChI is InChI=1S/C14H15NO5/c1-14(13(19)20)5-6-15(8-14)11(16)9-3-2-4-10(7-9)12(17)18/h2-4,7H,5-6,8H2,1H3,(H,17,18)(H,19,20). The number of carboxylic acid groups (broad SMARTS) is 2. The number of hydrogen-bond acceptors (Lipinski definition) is 3. The van der Waals surface area contributed by atoms with Gasteiger partial charge in [0.2, 0.25) is 0 Å². The Balaban J connectivity index is 2.19. The van der Waals surface area contributed by atoms with Crippen LogP contribution in [0, 0.1) is 5.41 Å². The Kier molecular flexibility index (Phi) is 3.48. The lowest BCUT2D eigenvalue weighted by molar-refractivity contribution is -0.147. The Hall–Kier alpha value is -2.37. The van der Waals surface area contributed by atoms with Gasteiger partial charge >= 0.3 is 11.9 Å². The Morgan fingerprint density at radius 1 is 1.20 bits per heavy atom. The highest BCUT2D eigenvalue weighted by molar-refractivity contribution is 5.98. The predicted octanol–water partition coefficient (Wildman–Crippen LogP) is 1.32. The van der Waals surface area contributed by atoms with Gasteiger partial charge in [-0.15, -0.1) is 0 Å². The molecule has 1 aliphatic rings. The average molecular weight is 277 g/mol. The first-order valence-electron chi connectivity index (χ1n) is 6.19. The molecule has 6 heteroatoms. The van der Waals surface area contributed by atoms with Crippen molar-refractivity contribution in [3.63, 3.8) is 0 Å². The maximum Gasteiger partial charge on any atom is 0.335 e. The van der Waals surface area contributed by atoms with Crippen molar-refractivity contribution >= 4 is 17.8 Å². The van der Waals surface area contributed by atoms with Crippen molar-refractivity contribution in [2.24, 2.45) is 5.41 Å². The zero-order chi connectivity index (χ0) is 14.9. The van der Waals surface area contributed by atoms with E-state index in [9.17, 15) is 14.4 Å². The molecule has 1 heterocycles. The summed E-state index contributed by atoms with van der Waals surface area (Å²) in [6, 6.07) is 5.75. The minimum Gasteiger partial charge on any atom is -0.481 e. The van der Waals surface area contributed by atoms with Gasteiger partial charge in [0.15, 0.2) is 0 Å². The minimum atomic E-state index is -1.10. The van der Waals surface area contributed by atoms with E-state index in [2.05, 4.69) is 0 Å². The molecule has 20 heavy (non-hydrogen) atoms. The van der Waals surface area contributed by atoms with Gasteiger partial charge in [0.25, 0.3) is 5.91 Å². The van der Waals surface area contributed by atoms with Gasteiger partial charge in [-0.25, -0.2) is 4.79 Å². The monoisotopic (exact) mass is 277 g/mol. The minimum absolute atomic E-state index is 0.0380. The zero-order valence-corrected chi connectivity index (χ0v) is 11.0. The first kappa shape index (κ1) is 14.0. The zero-order valence-electron chi connectivity index (χ0n) is 11.0. The van der Waals surface area contributed by atoms with Gasteiger partial charge in [-0.1, -0.05) is 6.07 Å². The molecule has 1 fully saturated rings. The molecule has 0 saturated carbocycles. The van der Waals surface area contributed by atoms with Crippen molar-refractivity contribution in [2.45, 2.75) is 13.3 Å². The highest BCUT2D eigenvalue weighted by Gasteiger charge is 2.42. The van der Waals surface area contributed by atoms with Gasteiger partial charge in [-0.2, -0.15) is 0 Å². The summed E-state index contributed by atoms with van der Waals surface area (Å²) >= 11 is 0. The van der Waals surface area contributed by atoms with Crippen LogP contribution in [-0.4, -0.2) is 46.0 Å². The molecular weight excluding hydrogens is 262 g/mol. The molecule has 1 amide bonds. The van der Waals surface area contributed by atoms with Gasteiger partial charge in [-0.05, 0) is 31.5 Å². The Bertz CT molecular complexity index is 583. The SMILES string of the molecule is CC1(C(=O)O)CCN(C(=O)c2cccc(C(=O)O)c2)C1. The van der Waals surface area contributed by atoms with E-state index in [1.807, 2.05) is 0 Å². The summed E-state index contributed by atoms with van der Waals surface area (Å²) in [7, 11) is 0. The van der Waals surface area contributed by atoms with E-state index in [-0.39, 0.29) is 23.6 Å². The molecule has 1 aromatic rings. The maximum atomic E-state index is 12.3. The normalized spacial score (nSPS) is 21.8. The van der Waals surface area contributed by atoms with Gasteiger partial charge in [0.05, 0.1) is 11.0 Å². The average Bonchev–Trinajstić information content (AvgIpc) is 2.82. The summed E-state index contributed by atoms with van der Waals surface area (Å²) in [5.74, 6) is -2.36. The Morgan fingerprint density at radius 3 is 2.40 bits per heavy atom. The predicted molar refractivity (Wildman–Crippen MR) is 69.7 cm³/mol. The number of hydrogen-bond donors (Lipinski definition) is 2. The van der Waals surface area contributed by atoms with Crippen LogP contribution in [0.25, 0.3) is 0 Å². The van der Waals surface area contributed by atoms with Crippen LogP contribution in [-0.2, 0) is 4.79 Å². The number of rotatable bonds is 3. The van der Waals surface area contributed by atoms with E-state index >= 15 is 0 Å². The van der Waals surface area contributed by atoms with Gasteiger partial charge in [-0.3, -0.25) is 9.59 Å². The van der Waals surface area contributed by atoms with E-state index in [4.69, 9.17) is 10.2 Å². The van der Waals surface area contributed by atoms with Crippen LogP contribution in [0.2, 0.25) is 0 Å². The lowest BCUT2D eigenvalue weighted by Gasteiger charge is -2.20. The lowest BCUT2D eigenvalue weighted by Crippen LogP contribution is -2.34. The molecule has 2 N–H and O–H groups in total. The van der Waals surface area contributed by atoms with Crippen molar-refractivity contribution < 1.29 is 24.6 Å². The van der Waals surface area contributed by atoms with Crippen LogP contribution >= 0.6 is 0 Å². The molecule has 0 spiro atoms. The van der Waals surface area contributed by atoms with Crippen LogP contribution in [0.4, 0.5) is 0 Å². The van der Waals surface area contributed by atoms with Crippen molar-refractivity contribution in [1.29, 1.82) is 0 Å².